The van der Waals surface area contributed by atoms with Gasteiger partial charge in [0.05, 0.1) is 28.6 Å². The van der Waals surface area contributed by atoms with Crippen molar-refractivity contribution in [3.8, 4) is 5.69 Å². The molecule has 2 N–H and O–H groups in total. The molecule has 3 rings (SSSR count). The molecule has 0 spiro atoms. The molecule has 1 atom stereocenters. The average molecular weight is 418 g/mol. The van der Waals surface area contributed by atoms with Gasteiger partial charge in [0, 0.05) is 19.2 Å². The van der Waals surface area contributed by atoms with Gasteiger partial charge in [0.15, 0.2) is 0 Å². The lowest BCUT2D eigenvalue weighted by molar-refractivity contribution is -0.137. The predicted octanol–water partition coefficient (Wildman–Crippen LogP) is 1.61. The van der Waals surface area contributed by atoms with Gasteiger partial charge in [0.25, 0.3) is 5.91 Å². The van der Waals surface area contributed by atoms with Crippen molar-refractivity contribution in [2.45, 2.75) is 32.7 Å². The third-order valence-electron chi connectivity index (χ3n) is 5.10. The number of carbonyl (C=O) groups excluding carboxylic acids is 3. The highest BCUT2D eigenvalue weighted by Gasteiger charge is 2.33. The zero-order chi connectivity index (χ0) is 21.1. The molecule has 0 radical (unpaired) electrons. The summed E-state index contributed by atoms with van der Waals surface area (Å²) in [7, 11) is 1.55. The van der Waals surface area contributed by atoms with E-state index in [0.717, 1.165) is 23.5 Å². The first-order chi connectivity index (χ1) is 13.8. The minimum atomic E-state index is -0.462. The summed E-state index contributed by atoms with van der Waals surface area (Å²) in [5.41, 5.74) is 2.78. The van der Waals surface area contributed by atoms with Gasteiger partial charge in [-0.2, -0.15) is 5.10 Å². The van der Waals surface area contributed by atoms with Crippen LogP contribution < -0.4 is 10.6 Å². The first-order valence-corrected chi connectivity index (χ1v) is 9.82. The Hall–Kier alpha value is -2.87. The molecule has 0 saturated carbocycles. The van der Waals surface area contributed by atoms with E-state index in [9.17, 15) is 14.4 Å². The molecule has 1 aromatic carbocycles. The second kappa shape index (κ2) is 8.65. The molecule has 9 heteroatoms. The van der Waals surface area contributed by atoms with Crippen molar-refractivity contribution < 1.29 is 14.4 Å². The lowest BCUT2D eigenvalue weighted by Gasteiger charge is -2.23. The number of rotatable bonds is 5. The summed E-state index contributed by atoms with van der Waals surface area (Å²) in [6.07, 6.45) is 1.41. The van der Waals surface area contributed by atoms with Crippen LogP contribution in [0.2, 0.25) is 5.02 Å². The normalized spacial score (nSPS) is 16.0. The number of nitrogens with zero attached hydrogens (tertiary/aromatic N) is 3. The predicted molar refractivity (Wildman–Crippen MR) is 109 cm³/mol. The molecule has 0 bridgehead atoms. The highest BCUT2D eigenvalue weighted by Crippen LogP contribution is 2.22. The lowest BCUT2D eigenvalue weighted by atomic mass is 10.2. The van der Waals surface area contributed by atoms with Gasteiger partial charge in [0.1, 0.15) is 6.04 Å². The molecule has 8 nitrogen and oxygen atoms in total. The Labute approximate surface area is 174 Å². The molecule has 1 aromatic heterocycles. The number of hydrogen-bond acceptors (Lipinski definition) is 4. The van der Waals surface area contributed by atoms with Crippen molar-refractivity contribution in [1.82, 2.24) is 25.3 Å². The van der Waals surface area contributed by atoms with Crippen LogP contribution in [-0.2, 0) is 9.59 Å². The molecule has 2 aromatic rings. The summed E-state index contributed by atoms with van der Waals surface area (Å²) in [6, 6.07) is 6.42. The van der Waals surface area contributed by atoms with Crippen LogP contribution in [0.1, 0.15) is 34.6 Å². The van der Waals surface area contributed by atoms with Crippen molar-refractivity contribution in [3.63, 3.8) is 0 Å². The standard InChI is InChI=1S/C20H24ClN5O3/c1-12-18(21)13(2)26(24-12)15-8-6-14(7-9-15)19(28)23-11-17(27)25-10-4-5-16(25)20(29)22-3/h6-9,16H,4-5,10-11H2,1-3H3,(H,22,29)(H,23,28). The minimum absolute atomic E-state index is 0.152. The van der Waals surface area contributed by atoms with Crippen LogP contribution in [0.25, 0.3) is 5.69 Å². The summed E-state index contributed by atoms with van der Waals surface area (Å²) in [5, 5.41) is 10.2. The highest BCUT2D eigenvalue weighted by atomic mass is 35.5. The van der Waals surface area contributed by atoms with Crippen LogP contribution in [0.5, 0.6) is 0 Å². The Morgan fingerprint density at radius 2 is 1.90 bits per heavy atom. The molecule has 1 aliphatic heterocycles. The van der Waals surface area contributed by atoms with Gasteiger partial charge in [-0.25, -0.2) is 4.68 Å². The Kier molecular flexibility index (Phi) is 6.22. The first-order valence-electron chi connectivity index (χ1n) is 9.45. The second-order valence-electron chi connectivity index (χ2n) is 6.99. The van der Waals surface area contributed by atoms with Crippen LogP contribution in [0.3, 0.4) is 0 Å². The third-order valence-corrected chi connectivity index (χ3v) is 5.65. The van der Waals surface area contributed by atoms with Gasteiger partial charge in [-0.3, -0.25) is 14.4 Å². The second-order valence-corrected chi connectivity index (χ2v) is 7.36. The number of halogens is 1. The number of likely N-dealkylation sites (tertiary alicyclic amines) is 1. The quantitative estimate of drug-likeness (QED) is 0.772. The van der Waals surface area contributed by atoms with Crippen molar-refractivity contribution >= 4 is 29.3 Å². The van der Waals surface area contributed by atoms with Gasteiger partial charge in [-0.15, -0.1) is 0 Å². The number of benzene rings is 1. The van der Waals surface area contributed by atoms with Crippen LogP contribution in [-0.4, -0.2) is 58.6 Å². The largest absolute Gasteiger partial charge is 0.357 e. The maximum absolute atomic E-state index is 12.4. The van der Waals surface area contributed by atoms with Crippen molar-refractivity contribution in [3.05, 3.63) is 46.2 Å². The minimum Gasteiger partial charge on any atom is -0.357 e. The fourth-order valence-corrected chi connectivity index (χ4v) is 3.61. The fourth-order valence-electron chi connectivity index (χ4n) is 3.49. The number of amides is 3. The molecule has 154 valence electrons. The first kappa shape index (κ1) is 20.9. The van der Waals surface area contributed by atoms with Crippen LogP contribution in [0.15, 0.2) is 24.3 Å². The number of likely N-dealkylation sites (N-methyl/N-ethyl adjacent to an activating group) is 1. The smallest absolute Gasteiger partial charge is 0.251 e. The van der Waals surface area contributed by atoms with Gasteiger partial charge in [-0.1, -0.05) is 11.6 Å². The zero-order valence-electron chi connectivity index (χ0n) is 16.7. The van der Waals surface area contributed by atoms with Crippen LogP contribution in [0.4, 0.5) is 0 Å². The van der Waals surface area contributed by atoms with E-state index in [0.29, 0.717) is 23.6 Å². The Morgan fingerprint density at radius 1 is 1.21 bits per heavy atom. The number of hydrogen-bond donors (Lipinski definition) is 2. The van der Waals surface area contributed by atoms with Gasteiger partial charge >= 0.3 is 0 Å². The number of carbonyl (C=O) groups is 3. The Bertz CT molecular complexity index is 938. The van der Waals surface area contributed by atoms with Gasteiger partial charge < -0.3 is 15.5 Å². The van der Waals surface area contributed by atoms with Crippen molar-refractivity contribution in [2.24, 2.45) is 0 Å². The van der Waals surface area contributed by atoms with Crippen molar-refractivity contribution in [1.29, 1.82) is 0 Å². The van der Waals surface area contributed by atoms with E-state index in [1.54, 1.807) is 36.0 Å². The van der Waals surface area contributed by atoms with Gasteiger partial charge in [-0.05, 0) is 51.0 Å². The van der Waals surface area contributed by atoms with Gasteiger partial charge in [0.2, 0.25) is 11.8 Å². The van der Waals surface area contributed by atoms with Crippen LogP contribution >= 0.6 is 11.6 Å². The number of nitrogens with one attached hydrogen (secondary N) is 2. The molecule has 1 unspecified atom stereocenters. The molecule has 1 saturated heterocycles. The maximum atomic E-state index is 12.4. The average Bonchev–Trinajstić information content (AvgIpc) is 3.32. The molecular formula is C20H24ClN5O3. The fraction of sp³-hybridized carbons (Fsp3) is 0.400. The molecular weight excluding hydrogens is 394 g/mol. The molecule has 29 heavy (non-hydrogen) atoms. The third kappa shape index (κ3) is 4.27. The molecule has 2 heterocycles. The molecule has 0 aliphatic carbocycles. The summed E-state index contributed by atoms with van der Waals surface area (Å²) in [5.74, 6) is -0.799. The summed E-state index contributed by atoms with van der Waals surface area (Å²) < 4.78 is 1.72. The topological polar surface area (TPSA) is 96.3 Å². The maximum Gasteiger partial charge on any atom is 0.251 e. The van der Waals surface area contributed by atoms with E-state index < -0.39 is 6.04 Å². The summed E-state index contributed by atoms with van der Waals surface area (Å²) in [4.78, 5) is 38.2. The van der Waals surface area contributed by atoms with E-state index in [1.807, 2.05) is 13.8 Å². The Balaban J connectivity index is 1.62. The molecule has 1 aliphatic rings. The Morgan fingerprint density at radius 3 is 2.48 bits per heavy atom. The zero-order valence-corrected chi connectivity index (χ0v) is 17.4. The summed E-state index contributed by atoms with van der Waals surface area (Å²) >= 11 is 6.19. The highest BCUT2D eigenvalue weighted by molar-refractivity contribution is 6.31. The van der Waals surface area contributed by atoms with E-state index in [1.165, 1.54) is 4.90 Å². The molecule has 3 amide bonds. The van der Waals surface area contributed by atoms with E-state index in [4.69, 9.17) is 11.6 Å². The van der Waals surface area contributed by atoms with E-state index >= 15 is 0 Å². The molecule has 1 fully saturated rings. The lowest BCUT2D eigenvalue weighted by Crippen LogP contribution is -2.48. The monoisotopic (exact) mass is 417 g/mol. The SMILES string of the molecule is CNC(=O)C1CCCN1C(=O)CNC(=O)c1ccc(-n2nc(C)c(Cl)c2C)cc1. The number of aromatic nitrogens is 2. The van der Waals surface area contributed by atoms with Crippen LogP contribution in [0, 0.1) is 13.8 Å². The van der Waals surface area contributed by atoms with E-state index in [2.05, 4.69) is 15.7 Å². The van der Waals surface area contributed by atoms with Crippen molar-refractivity contribution in [2.75, 3.05) is 20.1 Å². The van der Waals surface area contributed by atoms with E-state index in [-0.39, 0.29) is 24.3 Å². The number of aryl methyl sites for hydroxylation is 1. The summed E-state index contributed by atoms with van der Waals surface area (Å²) in [6.45, 7) is 4.08.